The minimum absolute atomic E-state index is 0.259. The Morgan fingerprint density at radius 3 is 2.50 bits per heavy atom. The lowest BCUT2D eigenvalue weighted by molar-refractivity contribution is 0.181. The van der Waals surface area contributed by atoms with Gasteiger partial charge in [0.25, 0.3) is 0 Å². The van der Waals surface area contributed by atoms with Crippen LogP contribution in [0.2, 0.25) is 0 Å². The van der Waals surface area contributed by atoms with E-state index in [2.05, 4.69) is 42.6 Å². The Balaban J connectivity index is 3.05. The van der Waals surface area contributed by atoms with Gasteiger partial charge in [-0.25, -0.2) is 9.97 Å². The van der Waals surface area contributed by atoms with Gasteiger partial charge in [-0.05, 0) is 13.8 Å². The van der Waals surface area contributed by atoms with Crippen LogP contribution in [-0.4, -0.2) is 36.3 Å². The van der Waals surface area contributed by atoms with Gasteiger partial charge in [0.15, 0.2) is 0 Å². The van der Waals surface area contributed by atoms with Gasteiger partial charge in [0.2, 0.25) is 0 Å². The van der Waals surface area contributed by atoms with E-state index in [1.54, 1.807) is 7.11 Å². The Hall–Kier alpha value is -1.36. The van der Waals surface area contributed by atoms with E-state index in [0.29, 0.717) is 12.4 Å². The zero-order valence-corrected chi connectivity index (χ0v) is 12.0. The number of nitrogens with zero attached hydrogens (tertiary/aromatic N) is 3. The third kappa shape index (κ3) is 3.57. The van der Waals surface area contributed by atoms with Gasteiger partial charge >= 0.3 is 0 Å². The molecule has 1 rings (SSSR count). The Kier molecular flexibility index (Phi) is 5.34. The highest BCUT2D eigenvalue weighted by molar-refractivity contribution is 5.48. The van der Waals surface area contributed by atoms with E-state index in [1.165, 1.54) is 0 Å². The molecule has 1 heterocycles. The normalized spacial score (nSPS) is 12.8. The van der Waals surface area contributed by atoms with Crippen LogP contribution in [0.5, 0.6) is 0 Å². The highest BCUT2D eigenvalue weighted by atomic mass is 16.5. The molecule has 1 aromatic rings. The number of nitrogens with two attached hydrogens (primary N) is 1. The van der Waals surface area contributed by atoms with Crippen molar-refractivity contribution in [1.82, 2.24) is 9.97 Å². The molecule has 1 atom stereocenters. The van der Waals surface area contributed by atoms with Crippen molar-refractivity contribution in [2.45, 2.75) is 39.7 Å². The number of likely N-dealkylation sites (N-methyl/N-ethyl adjacent to an activating group) is 1. The van der Waals surface area contributed by atoms with Gasteiger partial charge in [0.05, 0.1) is 12.6 Å². The first-order chi connectivity index (χ1) is 8.49. The lowest BCUT2D eigenvalue weighted by Gasteiger charge is -2.29. The number of hydrogen-bond acceptors (Lipinski definition) is 5. The van der Waals surface area contributed by atoms with Crippen LogP contribution in [0.1, 0.15) is 39.4 Å². The highest BCUT2D eigenvalue weighted by Gasteiger charge is 2.16. The number of aromatic nitrogens is 2. The molecule has 1 unspecified atom stereocenters. The Morgan fingerprint density at radius 1 is 1.33 bits per heavy atom. The fourth-order valence-corrected chi connectivity index (χ4v) is 1.91. The molecule has 0 aromatic carbocycles. The lowest BCUT2D eigenvalue weighted by atomic mass is 10.2. The van der Waals surface area contributed by atoms with Gasteiger partial charge < -0.3 is 15.4 Å². The number of ether oxygens (including phenoxy) is 1. The summed E-state index contributed by atoms with van der Waals surface area (Å²) in [7, 11) is 1.71. The molecule has 0 saturated heterocycles. The summed E-state index contributed by atoms with van der Waals surface area (Å²) in [5.41, 5.74) is 5.85. The fourth-order valence-electron chi connectivity index (χ4n) is 1.91. The third-order valence-corrected chi connectivity index (χ3v) is 2.84. The monoisotopic (exact) mass is 252 g/mol. The van der Waals surface area contributed by atoms with Crippen molar-refractivity contribution in [2.24, 2.45) is 0 Å². The van der Waals surface area contributed by atoms with Crippen LogP contribution in [0.15, 0.2) is 6.07 Å². The maximum absolute atomic E-state index is 5.85. The summed E-state index contributed by atoms with van der Waals surface area (Å²) < 4.78 is 5.20. The van der Waals surface area contributed by atoms with E-state index in [9.17, 15) is 0 Å². The standard InChI is InChI=1S/C13H24N4O/c1-6-17(10(4)8-18-5)12-7-11(14)15-13(16-12)9(2)3/h7,9-10H,6,8H2,1-5H3,(H2,14,15,16). The minimum atomic E-state index is 0.259. The number of anilines is 2. The Bertz CT molecular complexity index is 381. The first-order valence-electron chi connectivity index (χ1n) is 6.39. The van der Waals surface area contributed by atoms with Crippen molar-refractivity contribution in [1.29, 1.82) is 0 Å². The number of hydrogen-bond donors (Lipinski definition) is 1. The Morgan fingerprint density at radius 2 is 2.00 bits per heavy atom. The van der Waals surface area contributed by atoms with Gasteiger partial charge in [0, 0.05) is 25.6 Å². The van der Waals surface area contributed by atoms with Crippen LogP contribution in [0.4, 0.5) is 11.6 Å². The van der Waals surface area contributed by atoms with Crippen molar-refractivity contribution in [3.05, 3.63) is 11.9 Å². The molecule has 0 spiro atoms. The molecule has 0 radical (unpaired) electrons. The van der Waals surface area contributed by atoms with Crippen LogP contribution < -0.4 is 10.6 Å². The van der Waals surface area contributed by atoms with Crippen molar-refractivity contribution in [2.75, 3.05) is 30.9 Å². The molecule has 1 aromatic heterocycles. The first-order valence-corrected chi connectivity index (χ1v) is 6.39. The van der Waals surface area contributed by atoms with Crippen LogP contribution in [0.25, 0.3) is 0 Å². The average Bonchev–Trinajstić information content (AvgIpc) is 2.29. The summed E-state index contributed by atoms with van der Waals surface area (Å²) in [5.74, 6) is 2.45. The second-order valence-electron chi connectivity index (χ2n) is 4.75. The van der Waals surface area contributed by atoms with E-state index in [0.717, 1.165) is 18.2 Å². The van der Waals surface area contributed by atoms with E-state index >= 15 is 0 Å². The van der Waals surface area contributed by atoms with Crippen LogP contribution in [0, 0.1) is 0 Å². The zero-order valence-electron chi connectivity index (χ0n) is 12.0. The summed E-state index contributed by atoms with van der Waals surface area (Å²) in [6.07, 6.45) is 0. The van der Waals surface area contributed by atoms with Gasteiger partial charge in [-0.15, -0.1) is 0 Å². The molecule has 18 heavy (non-hydrogen) atoms. The van der Waals surface area contributed by atoms with Gasteiger partial charge in [0.1, 0.15) is 17.5 Å². The van der Waals surface area contributed by atoms with E-state index in [4.69, 9.17) is 10.5 Å². The topological polar surface area (TPSA) is 64.3 Å². The quantitative estimate of drug-likeness (QED) is 0.839. The third-order valence-electron chi connectivity index (χ3n) is 2.84. The number of rotatable bonds is 6. The SMILES string of the molecule is CCN(c1cc(N)nc(C(C)C)n1)C(C)COC. The fraction of sp³-hybridized carbons (Fsp3) is 0.692. The summed E-state index contributed by atoms with van der Waals surface area (Å²) in [5, 5.41) is 0. The maximum Gasteiger partial charge on any atom is 0.135 e. The average molecular weight is 252 g/mol. The van der Waals surface area contributed by atoms with E-state index in [1.807, 2.05) is 6.07 Å². The molecule has 5 heteroatoms. The summed E-state index contributed by atoms with van der Waals surface area (Å²) >= 11 is 0. The molecule has 0 amide bonds. The van der Waals surface area contributed by atoms with Crippen molar-refractivity contribution >= 4 is 11.6 Å². The molecular formula is C13H24N4O. The molecule has 0 aliphatic carbocycles. The van der Waals surface area contributed by atoms with Crippen LogP contribution >= 0.6 is 0 Å². The first kappa shape index (κ1) is 14.7. The molecule has 5 nitrogen and oxygen atoms in total. The zero-order chi connectivity index (χ0) is 13.7. The van der Waals surface area contributed by atoms with Crippen LogP contribution in [-0.2, 0) is 4.74 Å². The minimum Gasteiger partial charge on any atom is -0.384 e. The molecule has 0 bridgehead atoms. The molecule has 0 aliphatic rings. The van der Waals surface area contributed by atoms with Crippen molar-refractivity contribution < 1.29 is 4.74 Å². The summed E-state index contributed by atoms with van der Waals surface area (Å²) in [6, 6.07) is 2.08. The molecule has 2 N–H and O–H groups in total. The van der Waals surface area contributed by atoms with Gasteiger partial charge in [-0.1, -0.05) is 13.8 Å². The highest BCUT2D eigenvalue weighted by Crippen LogP contribution is 2.20. The predicted molar refractivity (Wildman–Crippen MR) is 74.9 cm³/mol. The molecule has 0 fully saturated rings. The van der Waals surface area contributed by atoms with E-state index in [-0.39, 0.29) is 12.0 Å². The van der Waals surface area contributed by atoms with E-state index < -0.39 is 0 Å². The second-order valence-corrected chi connectivity index (χ2v) is 4.75. The molecule has 102 valence electrons. The smallest absolute Gasteiger partial charge is 0.135 e. The maximum atomic E-state index is 5.85. The van der Waals surface area contributed by atoms with Gasteiger partial charge in [-0.3, -0.25) is 0 Å². The van der Waals surface area contributed by atoms with Gasteiger partial charge in [-0.2, -0.15) is 0 Å². The Labute approximate surface area is 109 Å². The molecule has 0 aliphatic heterocycles. The lowest BCUT2D eigenvalue weighted by Crippen LogP contribution is -2.37. The molecular weight excluding hydrogens is 228 g/mol. The number of nitrogen functional groups attached to an aromatic ring is 1. The summed E-state index contributed by atoms with van der Waals surface area (Å²) in [4.78, 5) is 11.0. The van der Waals surface area contributed by atoms with Crippen molar-refractivity contribution in [3.8, 4) is 0 Å². The second kappa shape index (κ2) is 6.54. The summed E-state index contributed by atoms with van der Waals surface area (Å²) in [6.45, 7) is 9.86. The predicted octanol–water partition coefficient (Wildman–Crippen LogP) is 2.04. The van der Waals surface area contributed by atoms with Crippen molar-refractivity contribution in [3.63, 3.8) is 0 Å². The molecule has 0 saturated carbocycles. The largest absolute Gasteiger partial charge is 0.384 e. The number of methoxy groups -OCH3 is 1. The van der Waals surface area contributed by atoms with Crippen LogP contribution in [0.3, 0.4) is 0 Å².